The third-order valence-corrected chi connectivity index (χ3v) is 3.66. The van der Waals surface area contributed by atoms with Gasteiger partial charge in [0.1, 0.15) is 6.61 Å². The van der Waals surface area contributed by atoms with E-state index in [0.29, 0.717) is 18.5 Å². The van der Waals surface area contributed by atoms with Gasteiger partial charge < -0.3 is 9.30 Å². The first kappa shape index (κ1) is 12.2. The minimum atomic E-state index is 0.366. The molecule has 0 N–H and O–H groups in total. The fourth-order valence-corrected chi connectivity index (χ4v) is 2.44. The van der Waals surface area contributed by atoms with E-state index in [1.54, 1.807) is 6.20 Å². The Morgan fingerprint density at radius 2 is 2.21 bits per heavy atom. The van der Waals surface area contributed by atoms with Gasteiger partial charge in [0.2, 0.25) is 5.88 Å². The topological polar surface area (TPSA) is 43.2 Å². The summed E-state index contributed by atoms with van der Waals surface area (Å²) in [5, 5.41) is 0. The van der Waals surface area contributed by atoms with Crippen molar-refractivity contribution in [3.63, 3.8) is 0 Å². The zero-order valence-electron chi connectivity index (χ0n) is 11.3. The lowest BCUT2D eigenvalue weighted by molar-refractivity contribution is 0.138. The highest BCUT2D eigenvalue weighted by molar-refractivity contribution is 5.18. The van der Waals surface area contributed by atoms with Crippen molar-refractivity contribution in [2.45, 2.75) is 19.0 Å². The molecule has 2 aromatic heterocycles. The normalized spacial score (nSPS) is 19.2. The first-order chi connectivity index (χ1) is 9.24. The van der Waals surface area contributed by atoms with E-state index in [1.807, 2.05) is 31.6 Å². The molecule has 1 aliphatic heterocycles. The van der Waals surface area contributed by atoms with Crippen LogP contribution in [0.3, 0.4) is 0 Å². The number of imidazole rings is 1. The van der Waals surface area contributed by atoms with E-state index in [1.165, 1.54) is 11.4 Å². The Balaban J connectivity index is 1.67. The predicted molar refractivity (Wildman–Crippen MR) is 71.9 cm³/mol. The molecule has 0 radical (unpaired) electrons. The second-order valence-electron chi connectivity index (χ2n) is 5.00. The Kier molecular flexibility index (Phi) is 3.21. The van der Waals surface area contributed by atoms with Crippen LogP contribution >= 0.6 is 0 Å². The number of likely N-dealkylation sites (N-methyl/N-ethyl adjacent to an activating group) is 1. The summed E-state index contributed by atoms with van der Waals surface area (Å²) in [6, 6.07) is 6.08. The zero-order valence-corrected chi connectivity index (χ0v) is 11.3. The van der Waals surface area contributed by atoms with Crippen molar-refractivity contribution in [2.75, 3.05) is 13.7 Å². The molecular formula is C14H18N4O. The van der Waals surface area contributed by atoms with Crippen LogP contribution in [-0.4, -0.2) is 39.1 Å². The first-order valence-electron chi connectivity index (χ1n) is 6.47. The van der Waals surface area contributed by atoms with Crippen LogP contribution < -0.4 is 4.74 Å². The predicted octanol–water partition coefficient (Wildman–Crippen LogP) is 1.25. The van der Waals surface area contributed by atoms with Crippen LogP contribution in [-0.2, 0) is 20.0 Å². The Labute approximate surface area is 112 Å². The van der Waals surface area contributed by atoms with Gasteiger partial charge in [0, 0.05) is 44.0 Å². The van der Waals surface area contributed by atoms with Gasteiger partial charge in [-0.15, -0.1) is 0 Å². The maximum Gasteiger partial charge on any atom is 0.213 e. The van der Waals surface area contributed by atoms with Crippen molar-refractivity contribution in [3.8, 4) is 5.88 Å². The number of fused-ring (bicyclic) bond motifs is 1. The summed E-state index contributed by atoms with van der Waals surface area (Å²) in [5.74, 6) is 0.687. The van der Waals surface area contributed by atoms with Crippen molar-refractivity contribution in [3.05, 3.63) is 42.1 Å². The molecule has 19 heavy (non-hydrogen) atoms. The Morgan fingerprint density at radius 1 is 1.32 bits per heavy atom. The number of hydrogen-bond acceptors (Lipinski definition) is 4. The number of rotatable bonds is 3. The molecule has 1 aliphatic rings. The van der Waals surface area contributed by atoms with Gasteiger partial charge in [-0.25, -0.2) is 9.97 Å². The van der Waals surface area contributed by atoms with Crippen LogP contribution in [0.4, 0.5) is 0 Å². The second-order valence-corrected chi connectivity index (χ2v) is 5.00. The van der Waals surface area contributed by atoms with E-state index in [4.69, 9.17) is 4.74 Å². The molecule has 0 saturated carbocycles. The maximum absolute atomic E-state index is 5.76. The van der Waals surface area contributed by atoms with Crippen molar-refractivity contribution in [2.24, 2.45) is 7.05 Å². The van der Waals surface area contributed by atoms with E-state index in [0.717, 1.165) is 13.0 Å². The molecule has 2 aromatic rings. The van der Waals surface area contributed by atoms with Gasteiger partial charge in [-0.05, 0) is 13.1 Å². The fraction of sp³-hybridized carbons (Fsp3) is 0.429. The van der Waals surface area contributed by atoms with Gasteiger partial charge in [0.05, 0.1) is 12.0 Å². The Morgan fingerprint density at radius 3 is 3.00 bits per heavy atom. The lowest BCUT2D eigenvalue weighted by Gasteiger charge is -2.32. The average Bonchev–Trinajstić information content (AvgIpc) is 2.78. The van der Waals surface area contributed by atoms with Crippen LogP contribution in [0.1, 0.15) is 11.4 Å². The van der Waals surface area contributed by atoms with E-state index in [-0.39, 0.29) is 0 Å². The quantitative estimate of drug-likeness (QED) is 0.831. The number of ether oxygens (including phenoxy) is 1. The SMILES string of the molecule is CN1Cc2ncn(C)c2C[C@H]1COc1ccccn1. The van der Waals surface area contributed by atoms with Crippen molar-refractivity contribution in [1.29, 1.82) is 0 Å². The number of aryl methyl sites for hydroxylation is 1. The summed E-state index contributed by atoms with van der Waals surface area (Å²) in [6.45, 7) is 1.53. The standard InChI is InChI=1S/C14H18N4O/c1-17-8-12-13(18(2)10-16-12)7-11(17)9-19-14-5-3-4-6-15-14/h3-6,10-11H,7-9H2,1-2H3/t11-/m0/s1. The van der Waals surface area contributed by atoms with E-state index in [9.17, 15) is 0 Å². The van der Waals surface area contributed by atoms with Gasteiger partial charge in [0.25, 0.3) is 0 Å². The van der Waals surface area contributed by atoms with Gasteiger partial charge in [-0.3, -0.25) is 4.90 Å². The van der Waals surface area contributed by atoms with Crippen LogP contribution in [0, 0.1) is 0 Å². The second kappa shape index (κ2) is 5.01. The van der Waals surface area contributed by atoms with E-state index < -0.39 is 0 Å². The highest BCUT2D eigenvalue weighted by Crippen LogP contribution is 2.21. The molecule has 100 valence electrons. The van der Waals surface area contributed by atoms with E-state index >= 15 is 0 Å². The maximum atomic E-state index is 5.76. The molecule has 3 heterocycles. The van der Waals surface area contributed by atoms with E-state index in [2.05, 4.69) is 26.5 Å². The van der Waals surface area contributed by atoms with Crippen LogP contribution in [0.25, 0.3) is 0 Å². The lowest BCUT2D eigenvalue weighted by atomic mass is 10.0. The number of pyridine rings is 1. The molecule has 0 bridgehead atoms. The molecule has 3 rings (SSSR count). The molecule has 0 unspecified atom stereocenters. The molecule has 0 amide bonds. The molecule has 1 atom stereocenters. The third kappa shape index (κ3) is 2.46. The van der Waals surface area contributed by atoms with Gasteiger partial charge in [0.15, 0.2) is 0 Å². The number of nitrogens with zero attached hydrogens (tertiary/aromatic N) is 4. The molecular weight excluding hydrogens is 240 g/mol. The van der Waals surface area contributed by atoms with Crippen LogP contribution in [0.2, 0.25) is 0 Å². The number of aromatic nitrogens is 3. The Bertz CT molecular complexity index is 552. The third-order valence-electron chi connectivity index (χ3n) is 3.66. The van der Waals surface area contributed by atoms with Crippen LogP contribution in [0.5, 0.6) is 5.88 Å². The Hall–Kier alpha value is -1.88. The summed E-state index contributed by atoms with van der Waals surface area (Å²) in [4.78, 5) is 10.9. The van der Waals surface area contributed by atoms with Gasteiger partial charge in [-0.1, -0.05) is 6.07 Å². The van der Waals surface area contributed by atoms with Gasteiger partial charge >= 0.3 is 0 Å². The molecule has 5 heteroatoms. The van der Waals surface area contributed by atoms with Crippen LogP contribution in [0.15, 0.2) is 30.7 Å². The largest absolute Gasteiger partial charge is 0.476 e. The lowest BCUT2D eigenvalue weighted by Crippen LogP contribution is -2.42. The number of hydrogen-bond donors (Lipinski definition) is 0. The molecule has 0 aliphatic carbocycles. The summed E-state index contributed by atoms with van der Waals surface area (Å²) >= 11 is 0. The summed E-state index contributed by atoms with van der Waals surface area (Å²) in [7, 11) is 4.16. The minimum absolute atomic E-state index is 0.366. The average molecular weight is 258 g/mol. The zero-order chi connectivity index (χ0) is 13.2. The fourth-order valence-electron chi connectivity index (χ4n) is 2.44. The molecule has 0 saturated heterocycles. The summed E-state index contributed by atoms with van der Waals surface area (Å²) in [5.41, 5.74) is 2.49. The minimum Gasteiger partial charge on any atom is -0.476 e. The summed E-state index contributed by atoms with van der Waals surface area (Å²) < 4.78 is 7.87. The van der Waals surface area contributed by atoms with Crippen molar-refractivity contribution >= 4 is 0 Å². The van der Waals surface area contributed by atoms with Gasteiger partial charge in [-0.2, -0.15) is 0 Å². The molecule has 0 aromatic carbocycles. The van der Waals surface area contributed by atoms with Crippen molar-refractivity contribution in [1.82, 2.24) is 19.4 Å². The molecule has 0 fully saturated rings. The molecule has 5 nitrogen and oxygen atoms in total. The first-order valence-corrected chi connectivity index (χ1v) is 6.47. The smallest absolute Gasteiger partial charge is 0.213 e. The highest BCUT2D eigenvalue weighted by Gasteiger charge is 2.26. The highest BCUT2D eigenvalue weighted by atomic mass is 16.5. The monoisotopic (exact) mass is 258 g/mol. The summed E-state index contributed by atoms with van der Waals surface area (Å²) in [6.07, 6.45) is 4.61. The molecule has 0 spiro atoms. The van der Waals surface area contributed by atoms with Crippen molar-refractivity contribution < 1.29 is 4.74 Å².